The predicted molar refractivity (Wildman–Crippen MR) is 93.4 cm³/mol. The van der Waals surface area contributed by atoms with Crippen LogP contribution in [0.25, 0.3) is 11.5 Å². The van der Waals surface area contributed by atoms with Crippen molar-refractivity contribution in [3.8, 4) is 11.5 Å². The van der Waals surface area contributed by atoms with Gasteiger partial charge in [-0.15, -0.1) is 0 Å². The van der Waals surface area contributed by atoms with E-state index in [2.05, 4.69) is 24.9 Å². The number of hydrogen-bond donors (Lipinski definition) is 2. The standard InChI is InChI=1S/C16H16F9N7/c1-3-8(14(17,18)19)28-12-30-11(7-5-26-6-10(27-7)16(23,24)25)31-13(32-12)29-9(4-2)15(20,21)22/h5-6,8-9H,3-4H2,1-2H3,(H2,28,29,30,31,32). The van der Waals surface area contributed by atoms with E-state index >= 15 is 0 Å². The summed E-state index contributed by atoms with van der Waals surface area (Å²) < 4.78 is 117. The first-order valence-corrected chi connectivity index (χ1v) is 8.97. The number of aromatic nitrogens is 5. The number of nitrogens with zero attached hydrogens (tertiary/aromatic N) is 5. The van der Waals surface area contributed by atoms with Crippen LogP contribution in [0.15, 0.2) is 12.4 Å². The van der Waals surface area contributed by atoms with Crippen molar-refractivity contribution in [3.63, 3.8) is 0 Å². The van der Waals surface area contributed by atoms with E-state index < -0.39 is 72.6 Å². The van der Waals surface area contributed by atoms with Crippen LogP contribution in [0, 0.1) is 0 Å². The zero-order valence-corrected chi connectivity index (χ0v) is 16.4. The maximum Gasteiger partial charge on any atom is 0.434 e. The van der Waals surface area contributed by atoms with Gasteiger partial charge in [-0.05, 0) is 12.8 Å². The molecular formula is C16H16F9N7. The Bertz CT molecular complexity index is 870. The van der Waals surface area contributed by atoms with Crippen molar-refractivity contribution in [3.05, 3.63) is 18.1 Å². The molecule has 2 atom stereocenters. The summed E-state index contributed by atoms with van der Waals surface area (Å²) in [5.74, 6) is -2.33. The van der Waals surface area contributed by atoms with E-state index in [1.54, 1.807) is 0 Å². The molecule has 2 aromatic rings. The van der Waals surface area contributed by atoms with E-state index in [1.807, 2.05) is 10.6 Å². The molecule has 0 spiro atoms. The van der Waals surface area contributed by atoms with E-state index in [0.29, 0.717) is 6.20 Å². The van der Waals surface area contributed by atoms with Crippen LogP contribution >= 0.6 is 0 Å². The van der Waals surface area contributed by atoms with E-state index in [1.165, 1.54) is 13.8 Å². The highest BCUT2D eigenvalue weighted by Gasteiger charge is 2.40. The predicted octanol–water partition coefficient (Wildman–Crippen LogP) is 4.85. The summed E-state index contributed by atoms with van der Waals surface area (Å²) in [6.45, 7) is 2.36. The van der Waals surface area contributed by atoms with Crippen LogP contribution in [-0.4, -0.2) is 49.4 Å². The molecule has 0 amide bonds. The van der Waals surface area contributed by atoms with Gasteiger partial charge in [0.15, 0.2) is 11.5 Å². The van der Waals surface area contributed by atoms with Gasteiger partial charge in [-0.1, -0.05) is 13.8 Å². The average molecular weight is 477 g/mol. The highest BCUT2D eigenvalue weighted by molar-refractivity contribution is 5.53. The van der Waals surface area contributed by atoms with E-state index in [4.69, 9.17) is 0 Å². The summed E-state index contributed by atoms with van der Waals surface area (Å²) >= 11 is 0. The van der Waals surface area contributed by atoms with E-state index in [0.717, 1.165) is 6.20 Å². The van der Waals surface area contributed by atoms with E-state index in [-0.39, 0.29) is 0 Å². The molecule has 2 rings (SSSR count). The molecule has 2 aromatic heterocycles. The van der Waals surface area contributed by atoms with Gasteiger partial charge in [0.2, 0.25) is 11.9 Å². The molecule has 0 bridgehead atoms. The molecule has 0 aliphatic heterocycles. The molecule has 2 heterocycles. The zero-order valence-electron chi connectivity index (χ0n) is 16.4. The lowest BCUT2D eigenvalue weighted by Gasteiger charge is -2.22. The van der Waals surface area contributed by atoms with Crippen molar-refractivity contribution in [1.82, 2.24) is 24.9 Å². The molecule has 178 valence electrons. The van der Waals surface area contributed by atoms with Gasteiger partial charge in [0.25, 0.3) is 0 Å². The van der Waals surface area contributed by atoms with Gasteiger partial charge in [0, 0.05) is 0 Å². The van der Waals surface area contributed by atoms with Gasteiger partial charge < -0.3 is 10.6 Å². The van der Waals surface area contributed by atoms with Gasteiger partial charge in [-0.25, -0.2) is 4.98 Å². The quantitative estimate of drug-likeness (QED) is 0.551. The Morgan fingerprint density at radius 2 is 1.19 bits per heavy atom. The van der Waals surface area contributed by atoms with Crippen molar-refractivity contribution in [2.45, 2.75) is 57.3 Å². The first kappa shape index (κ1) is 25.3. The van der Waals surface area contributed by atoms with Gasteiger partial charge in [0.1, 0.15) is 17.8 Å². The van der Waals surface area contributed by atoms with Crippen LogP contribution in [0.4, 0.5) is 51.4 Å². The minimum Gasteiger partial charge on any atom is -0.342 e. The van der Waals surface area contributed by atoms with E-state index in [9.17, 15) is 39.5 Å². The Morgan fingerprint density at radius 1 is 0.719 bits per heavy atom. The Labute approximate surface area is 174 Å². The first-order chi connectivity index (χ1) is 14.6. The molecule has 0 aliphatic carbocycles. The highest BCUT2D eigenvalue weighted by Crippen LogP contribution is 2.30. The average Bonchev–Trinajstić information content (AvgIpc) is 2.67. The number of hydrogen-bond acceptors (Lipinski definition) is 7. The molecule has 0 saturated heterocycles. The smallest absolute Gasteiger partial charge is 0.342 e. The van der Waals surface area contributed by atoms with Crippen molar-refractivity contribution in [2.24, 2.45) is 0 Å². The zero-order chi connectivity index (χ0) is 24.3. The summed E-state index contributed by atoms with van der Waals surface area (Å²) in [7, 11) is 0. The third-order valence-corrected chi connectivity index (χ3v) is 4.00. The minimum absolute atomic E-state index is 0.385. The van der Waals surface area contributed by atoms with Gasteiger partial charge in [0.05, 0.1) is 12.4 Å². The molecule has 16 heteroatoms. The van der Waals surface area contributed by atoms with Crippen LogP contribution in [0.5, 0.6) is 0 Å². The first-order valence-electron chi connectivity index (χ1n) is 8.97. The monoisotopic (exact) mass is 477 g/mol. The second-order valence-corrected chi connectivity index (χ2v) is 6.39. The molecule has 0 radical (unpaired) electrons. The number of rotatable bonds is 7. The molecule has 0 saturated carbocycles. The minimum atomic E-state index is -4.91. The topological polar surface area (TPSA) is 88.5 Å². The van der Waals surface area contributed by atoms with Crippen molar-refractivity contribution in [2.75, 3.05) is 10.6 Å². The van der Waals surface area contributed by atoms with Gasteiger partial charge >= 0.3 is 18.5 Å². The Balaban J connectivity index is 2.56. The van der Waals surface area contributed by atoms with Crippen molar-refractivity contribution < 1.29 is 39.5 Å². The largest absolute Gasteiger partial charge is 0.434 e. The third kappa shape index (κ3) is 6.53. The van der Waals surface area contributed by atoms with Crippen molar-refractivity contribution in [1.29, 1.82) is 0 Å². The number of halogens is 9. The fourth-order valence-electron chi connectivity index (χ4n) is 2.37. The Kier molecular flexibility index (Phi) is 7.34. The second kappa shape index (κ2) is 9.28. The SMILES string of the molecule is CCC(Nc1nc(NC(CC)C(F)(F)F)nc(-c2cncc(C(F)(F)F)n2)n1)C(F)(F)F. The number of alkyl halides is 9. The fourth-order valence-corrected chi connectivity index (χ4v) is 2.37. The molecular weight excluding hydrogens is 461 g/mol. The molecule has 2 N–H and O–H groups in total. The van der Waals surface area contributed by atoms with Crippen LogP contribution in [0.2, 0.25) is 0 Å². The van der Waals surface area contributed by atoms with Crippen LogP contribution < -0.4 is 10.6 Å². The summed E-state index contributed by atoms with van der Waals surface area (Å²) in [4.78, 5) is 17.3. The van der Waals surface area contributed by atoms with Crippen LogP contribution in [0.3, 0.4) is 0 Å². The molecule has 0 aromatic carbocycles. The molecule has 0 fully saturated rings. The lowest BCUT2D eigenvalue weighted by Crippen LogP contribution is -2.37. The van der Waals surface area contributed by atoms with Gasteiger partial charge in [-0.3, -0.25) is 4.98 Å². The highest BCUT2D eigenvalue weighted by atomic mass is 19.4. The van der Waals surface area contributed by atoms with Crippen LogP contribution in [-0.2, 0) is 6.18 Å². The fraction of sp³-hybridized carbons (Fsp3) is 0.562. The number of anilines is 2. The third-order valence-electron chi connectivity index (χ3n) is 4.00. The Hall–Kier alpha value is -2.94. The van der Waals surface area contributed by atoms with Gasteiger partial charge in [-0.2, -0.15) is 54.5 Å². The molecule has 7 nitrogen and oxygen atoms in total. The summed E-state index contributed by atoms with van der Waals surface area (Å²) in [6, 6.07) is -4.36. The normalized spacial score (nSPS) is 14.7. The lowest BCUT2D eigenvalue weighted by molar-refractivity contribution is -0.143. The molecule has 32 heavy (non-hydrogen) atoms. The second-order valence-electron chi connectivity index (χ2n) is 6.39. The maximum atomic E-state index is 13.1. The molecule has 2 unspecified atom stereocenters. The molecule has 0 aliphatic rings. The summed E-state index contributed by atoms with van der Waals surface area (Å²) in [5, 5.41) is 3.83. The maximum absolute atomic E-state index is 13.1. The van der Waals surface area contributed by atoms with Crippen molar-refractivity contribution >= 4 is 11.9 Å². The summed E-state index contributed by atoms with van der Waals surface area (Å²) in [5.41, 5.74) is -2.09. The Morgan fingerprint density at radius 3 is 1.56 bits per heavy atom. The van der Waals surface area contributed by atoms with Crippen LogP contribution in [0.1, 0.15) is 32.4 Å². The summed E-state index contributed by atoms with van der Waals surface area (Å²) in [6.07, 6.45) is -14.2. The lowest BCUT2D eigenvalue weighted by atomic mass is 10.2. The number of nitrogens with one attached hydrogen (secondary N) is 2.